The van der Waals surface area contributed by atoms with Crippen LogP contribution in [0.15, 0.2) is 48.5 Å². The number of amides is 2. The fraction of sp³-hybridized carbons (Fsp3) is 0.222. The van der Waals surface area contributed by atoms with Gasteiger partial charge < -0.3 is 9.47 Å². The van der Waals surface area contributed by atoms with Crippen LogP contribution in [0.5, 0.6) is 11.5 Å². The molecular formula is C18H18N2O4S. The Kier molecular flexibility index (Phi) is 5.45. The molecule has 0 saturated carbocycles. The van der Waals surface area contributed by atoms with Gasteiger partial charge >= 0.3 is 0 Å². The largest absolute Gasteiger partial charge is 0.454 e. The first-order chi connectivity index (χ1) is 12.1. The van der Waals surface area contributed by atoms with Gasteiger partial charge in [0.15, 0.2) is 11.5 Å². The molecule has 1 unspecified atom stereocenters. The average Bonchev–Trinajstić information content (AvgIpc) is 3.12. The van der Waals surface area contributed by atoms with Crippen molar-refractivity contribution in [2.24, 2.45) is 0 Å². The van der Waals surface area contributed by atoms with E-state index in [0.717, 1.165) is 11.3 Å². The number of thioether (sulfide) groups is 1. The Balaban J connectivity index is 1.47. The van der Waals surface area contributed by atoms with Crippen LogP contribution < -0.4 is 20.3 Å². The summed E-state index contributed by atoms with van der Waals surface area (Å²) < 4.78 is 10.4. The predicted molar refractivity (Wildman–Crippen MR) is 95.4 cm³/mol. The highest BCUT2D eigenvalue weighted by atomic mass is 32.2. The Labute approximate surface area is 149 Å². The van der Waals surface area contributed by atoms with Crippen molar-refractivity contribution in [3.63, 3.8) is 0 Å². The van der Waals surface area contributed by atoms with Gasteiger partial charge in [0.2, 0.25) is 6.79 Å². The molecule has 2 aromatic carbocycles. The van der Waals surface area contributed by atoms with Crippen LogP contribution in [0.25, 0.3) is 0 Å². The van der Waals surface area contributed by atoms with E-state index in [0.29, 0.717) is 17.1 Å². The number of hydrogen-bond acceptors (Lipinski definition) is 5. The van der Waals surface area contributed by atoms with Crippen molar-refractivity contribution in [3.05, 3.63) is 59.7 Å². The standard InChI is InChI=1S/C18H18N2O4S/c1-12(25-10-13-5-3-2-4-6-13)17(21)19-20-18(22)14-7-8-15-16(9-14)24-11-23-15/h2-9,12H,10-11H2,1H3,(H,19,21)(H,20,22). The zero-order valence-electron chi connectivity index (χ0n) is 13.7. The molecule has 1 aliphatic heterocycles. The van der Waals surface area contributed by atoms with Crippen molar-refractivity contribution in [1.29, 1.82) is 0 Å². The van der Waals surface area contributed by atoms with Gasteiger partial charge in [-0.15, -0.1) is 11.8 Å². The molecule has 2 amide bonds. The molecule has 0 radical (unpaired) electrons. The zero-order valence-corrected chi connectivity index (χ0v) is 14.5. The van der Waals surface area contributed by atoms with Gasteiger partial charge in [0.05, 0.1) is 5.25 Å². The number of hydrogen-bond donors (Lipinski definition) is 2. The maximum Gasteiger partial charge on any atom is 0.269 e. The molecule has 2 N–H and O–H groups in total. The molecule has 1 aliphatic rings. The molecule has 1 atom stereocenters. The van der Waals surface area contributed by atoms with Gasteiger partial charge in [-0.2, -0.15) is 0 Å². The quantitative estimate of drug-likeness (QED) is 0.803. The van der Waals surface area contributed by atoms with Crippen molar-refractivity contribution in [1.82, 2.24) is 10.9 Å². The highest BCUT2D eigenvalue weighted by molar-refractivity contribution is 7.99. The summed E-state index contributed by atoms with van der Waals surface area (Å²) in [6.45, 7) is 1.95. The fourth-order valence-electron chi connectivity index (χ4n) is 2.20. The first-order valence-corrected chi connectivity index (χ1v) is 8.84. The van der Waals surface area contributed by atoms with Crippen LogP contribution in [-0.4, -0.2) is 23.9 Å². The third kappa shape index (κ3) is 4.45. The molecular weight excluding hydrogens is 340 g/mol. The molecule has 7 heteroatoms. The van der Waals surface area contributed by atoms with E-state index in [9.17, 15) is 9.59 Å². The lowest BCUT2D eigenvalue weighted by molar-refractivity contribution is -0.121. The molecule has 6 nitrogen and oxygen atoms in total. The number of ether oxygens (including phenoxy) is 2. The Hall–Kier alpha value is -2.67. The molecule has 3 rings (SSSR count). The SMILES string of the molecule is CC(SCc1ccccc1)C(=O)NNC(=O)c1ccc2c(c1)OCO2. The molecule has 2 aromatic rings. The number of rotatable bonds is 5. The number of fused-ring (bicyclic) bond motifs is 1. The van der Waals surface area contributed by atoms with E-state index in [1.807, 2.05) is 30.3 Å². The summed E-state index contributed by atoms with van der Waals surface area (Å²) in [6, 6.07) is 14.8. The van der Waals surface area contributed by atoms with E-state index in [1.54, 1.807) is 25.1 Å². The summed E-state index contributed by atoms with van der Waals surface area (Å²) in [5, 5.41) is -0.294. The smallest absolute Gasteiger partial charge is 0.269 e. The number of benzene rings is 2. The lowest BCUT2D eigenvalue weighted by Gasteiger charge is -2.13. The number of carbonyl (C=O) groups excluding carboxylic acids is 2. The topological polar surface area (TPSA) is 76.7 Å². The number of nitrogens with one attached hydrogen (secondary N) is 2. The molecule has 25 heavy (non-hydrogen) atoms. The second-order valence-electron chi connectivity index (χ2n) is 5.45. The third-order valence-corrected chi connectivity index (χ3v) is 4.86. The molecule has 0 spiro atoms. The van der Waals surface area contributed by atoms with Gasteiger partial charge in [-0.25, -0.2) is 0 Å². The minimum atomic E-state index is -0.410. The first-order valence-electron chi connectivity index (χ1n) is 7.79. The Bertz CT molecular complexity index is 767. The summed E-state index contributed by atoms with van der Waals surface area (Å²) in [5.41, 5.74) is 6.41. The molecule has 0 fully saturated rings. The average molecular weight is 358 g/mol. The van der Waals surface area contributed by atoms with Crippen molar-refractivity contribution in [3.8, 4) is 11.5 Å². The summed E-state index contributed by atoms with van der Waals surface area (Å²) in [7, 11) is 0. The maximum absolute atomic E-state index is 12.1. The minimum absolute atomic E-state index is 0.146. The Morgan fingerprint density at radius 2 is 1.84 bits per heavy atom. The van der Waals surface area contributed by atoms with E-state index < -0.39 is 5.91 Å². The molecule has 1 heterocycles. The summed E-state index contributed by atoms with van der Waals surface area (Å²) in [6.07, 6.45) is 0. The van der Waals surface area contributed by atoms with E-state index >= 15 is 0 Å². The van der Waals surface area contributed by atoms with Crippen molar-refractivity contribution < 1.29 is 19.1 Å². The number of carbonyl (C=O) groups is 2. The predicted octanol–water partition coefficient (Wildman–Crippen LogP) is 2.50. The lowest BCUT2D eigenvalue weighted by atomic mass is 10.2. The highest BCUT2D eigenvalue weighted by Crippen LogP contribution is 2.32. The first kappa shape index (κ1) is 17.2. The van der Waals surface area contributed by atoms with Crippen LogP contribution in [0, 0.1) is 0 Å². The van der Waals surface area contributed by atoms with Crippen LogP contribution in [0.1, 0.15) is 22.8 Å². The van der Waals surface area contributed by atoms with Gasteiger partial charge in [0.1, 0.15) is 0 Å². The molecule has 0 aromatic heterocycles. The summed E-state index contributed by atoms with van der Waals surface area (Å²) >= 11 is 1.50. The third-order valence-electron chi connectivity index (χ3n) is 3.65. The van der Waals surface area contributed by atoms with E-state index in [-0.39, 0.29) is 18.0 Å². The van der Waals surface area contributed by atoms with Crippen molar-refractivity contribution in [2.45, 2.75) is 17.9 Å². The van der Waals surface area contributed by atoms with Gasteiger partial charge in [-0.05, 0) is 30.7 Å². The molecule has 0 bridgehead atoms. The van der Waals surface area contributed by atoms with Crippen LogP contribution in [0.2, 0.25) is 0 Å². The summed E-state index contributed by atoms with van der Waals surface area (Å²) in [4.78, 5) is 24.2. The zero-order chi connectivity index (χ0) is 17.6. The van der Waals surface area contributed by atoms with Gasteiger partial charge in [-0.1, -0.05) is 30.3 Å². The molecule has 0 saturated heterocycles. The van der Waals surface area contributed by atoms with Gasteiger partial charge in [0, 0.05) is 11.3 Å². The van der Waals surface area contributed by atoms with Crippen molar-refractivity contribution in [2.75, 3.05) is 6.79 Å². The second-order valence-corrected chi connectivity index (χ2v) is 6.78. The van der Waals surface area contributed by atoms with Crippen LogP contribution in [-0.2, 0) is 10.5 Å². The van der Waals surface area contributed by atoms with Gasteiger partial charge in [0.25, 0.3) is 11.8 Å². The van der Waals surface area contributed by atoms with E-state index in [1.165, 1.54) is 11.8 Å². The normalized spacial score (nSPS) is 13.2. The Morgan fingerprint density at radius 1 is 1.08 bits per heavy atom. The number of hydrazine groups is 1. The van der Waals surface area contributed by atoms with E-state index in [4.69, 9.17) is 9.47 Å². The van der Waals surface area contributed by atoms with Gasteiger partial charge in [-0.3, -0.25) is 20.4 Å². The van der Waals surface area contributed by atoms with Crippen LogP contribution in [0.3, 0.4) is 0 Å². The lowest BCUT2D eigenvalue weighted by Crippen LogP contribution is -2.44. The second kappa shape index (κ2) is 7.94. The molecule has 130 valence electrons. The highest BCUT2D eigenvalue weighted by Gasteiger charge is 2.18. The minimum Gasteiger partial charge on any atom is -0.454 e. The maximum atomic E-state index is 12.1. The van der Waals surface area contributed by atoms with Crippen molar-refractivity contribution >= 4 is 23.6 Å². The van der Waals surface area contributed by atoms with Crippen LogP contribution in [0.4, 0.5) is 0 Å². The summed E-state index contributed by atoms with van der Waals surface area (Å²) in [5.74, 6) is 1.19. The van der Waals surface area contributed by atoms with E-state index in [2.05, 4.69) is 10.9 Å². The Morgan fingerprint density at radius 3 is 2.64 bits per heavy atom. The molecule has 0 aliphatic carbocycles. The van der Waals surface area contributed by atoms with Crippen LogP contribution >= 0.6 is 11.8 Å². The fourth-order valence-corrected chi connectivity index (χ4v) is 3.05. The monoisotopic (exact) mass is 358 g/mol.